The molecule has 1 fully saturated rings. The molecule has 0 amide bonds. The second-order valence-corrected chi connectivity index (χ2v) is 4.03. The van der Waals surface area contributed by atoms with E-state index < -0.39 is 0 Å². The van der Waals surface area contributed by atoms with Crippen LogP contribution in [0.5, 0.6) is 0 Å². The molecule has 12 heavy (non-hydrogen) atoms. The Bertz CT molecular complexity index is 163. The van der Waals surface area contributed by atoms with Gasteiger partial charge in [-0.05, 0) is 25.2 Å². The summed E-state index contributed by atoms with van der Waals surface area (Å²) in [6.07, 6.45) is 3.07. The fourth-order valence-corrected chi connectivity index (χ4v) is 1.73. The van der Waals surface area contributed by atoms with Crippen LogP contribution in [0.3, 0.4) is 0 Å². The first kappa shape index (κ1) is 9.56. The Hall–Kier alpha value is -0.530. The van der Waals surface area contributed by atoms with Gasteiger partial charge in [-0.1, -0.05) is 20.8 Å². The number of ether oxygens (including phenoxy) is 1. The third-order valence-corrected chi connectivity index (χ3v) is 2.37. The summed E-state index contributed by atoms with van der Waals surface area (Å²) in [5.41, 5.74) is 0. The topological polar surface area (TPSA) is 26.3 Å². The van der Waals surface area contributed by atoms with Crippen molar-refractivity contribution in [1.82, 2.24) is 0 Å². The minimum absolute atomic E-state index is 0.0237. The molecule has 1 heterocycles. The van der Waals surface area contributed by atoms with E-state index in [9.17, 15) is 4.79 Å². The van der Waals surface area contributed by atoms with Gasteiger partial charge in [-0.25, -0.2) is 0 Å². The quantitative estimate of drug-likeness (QED) is 0.608. The summed E-state index contributed by atoms with van der Waals surface area (Å²) in [5, 5.41) is 0. The predicted molar refractivity (Wildman–Crippen MR) is 47.7 cm³/mol. The summed E-state index contributed by atoms with van der Waals surface area (Å²) in [5.74, 6) is 0.795. The van der Waals surface area contributed by atoms with Crippen LogP contribution < -0.4 is 0 Å². The summed E-state index contributed by atoms with van der Waals surface area (Å²) in [6.45, 7) is 6.36. The molecule has 1 aliphatic heterocycles. The number of rotatable bonds is 3. The van der Waals surface area contributed by atoms with Crippen molar-refractivity contribution in [2.75, 3.05) is 0 Å². The molecular weight excluding hydrogens is 152 g/mol. The van der Waals surface area contributed by atoms with Crippen LogP contribution in [-0.2, 0) is 9.53 Å². The summed E-state index contributed by atoms with van der Waals surface area (Å²) in [4.78, 5) is 11.3. The first-order chi connectivity index (χ1) is 5.63. The van der Waals surface area contributed by atoms with Crippen molar-refractivity contribution in [3.05, 3.63) is 0 Å². The van der Waals surface area contributed by atoms with Gasteiger partial charge in [0.25, 0.3) is 0 Å². The number of cyclic esters (lactones) is 1. The van der Waals surface area contributed by atoms with E-state index in [-0.39, 0.29) is 18.0 Å². The lowest BCUT2D eigenvalue weighted by atomic mass is 9.94. The highest BCUT2D eigenvalue weighted by Crippen LogP contribution is 2.28. The van der Waals surface area contributed by atoms with Gasteiger partial charge in [-0.3, -0.25) is 4.79 Å². The molecule has 0 aromatic carbocycles. The number of carbonyl (C=O) groups excluding carboxylic acids is 1. The summed E-state index contributed by atoms with van der Waals surface area (Å²) in [7, 11) is 0. The Morgan fingerprint density at radius 2 is 2.25 bits per heavy atom. The van der Waals surface area contributed by atoms with Gasteiger partial charge < -0.3 is 4.74 Å². The molecule has 0 aliphatic carbocycles. The van der Waals surface area contributed by atoms with Crippen LogP contribution in [0.25, 0.3) is 0 Å². The van der Waals surface area contributed by atoms with E-state index in [1.807, 2.05) is 0 Å². The van der Waals surface area contributed by atoms with Crippen LogP contribution in [0, 0.1) is 11.8 Å². The SMILES string of the molecule is CCC1CC(CC(C)C)C(=O)O1. The van der Waals surface area contributed by atoms with Gasteiger partial charge in [0.15, 0.2) is 0 Å². The molecule has 0 bridgehead atoms. The molecule has 0 aromatic heterocycles. The monoisotopic (exact) mass is 170 g/mol. The highest BCUT2D eigenvalue weighted by atomic mass is 16.5. The average Bonchev–Trinajstić information content (AvgIpc) is 2.31. The third kappa shape index (κ3) is 2.23. The largest absolute Gasteiger partial charge is 0.462 e. The minimum atomic E-state index is 0.0237. The van der Waals surface area contributed by atoms with Gasteiger partial charge >= 0.3 is 5.97 Å². The number of carbonyl (C=O) groups is 1. The van der Waals surface area contributed by atoms with Crippen LogP contribution in [0.2, 0.25) is 0 Å². The Morgan fingerprint density at radius 3 is 2.67 bits per heavy atom. The Labute approximate surface area is 74.3 Å². The fraction of sp³-hybridized carbons (Fsp3) is 0.900. The Morgan fingerprint density at radius 1 is 1.58 bits per heavy atom. The average molecular weight is 170 g/mol. The lowest BCUT2D eigenvalue weighted by molar-refractivity contribution is -0.144. The molecule has 0 spiro atoms. The second-order valence-electron chi connectivity index (χ2n) is 4.03. The van der Waals surface area contributed by atoms with Crippen LogP contribution >= 0.6 is 0 Å². The zero-order valence-electron chi connectivity index (χ0n) is 8.17. The maximum Gasteiger partial charge on any atom is 0.309 e. The molecule has 0 aromatic rings. The van der Waals surface area contributed by atoms with E-state index in [0.717, 1.165) is 19.3 Å². The van der Waals surface area contributed by atoms with Gasteiger partial charge in [-0.2, -0.15) is 0 Å². The molecule has 1 rings (SSSR count). The third-order valence-electron chi connectivity index (χ3n) is 2.37. The lowest BCUT2D eigenvalue weighted by Gasteiger charge is -2.07. The molecular formula is C10H18O2. The normalized spacial score (nSPS) is 29.5. The van der Waals surface area contributed by atoms with Crippen LogP contribution in [0.15, 0.2) is 0 Å². The molecule has 2 nitrogen and oxygen atoms in total. The zero-order valence-corrected chi connectivity index (χ0v) is 8.17. The van der Waals surface area contributed by atoms with Gasteiger partial charge in [-0.15, -0.1) is 0 Å². The predicted octanol–water partition coefficient (Wildman–Crippen LogP) is 2.37. The van der Waals surface area contributed by atoms with Gasteiger partial charge in [0.1, 0.15) is 6.10 Å². The van der Waals surface area contributed by atoms with E-state index in [1.54, 1.807) is 0 Å². The Kier molecular flexibility index (Phi) is 3.12. The van der Waals surface area contributed by atoms with Gasteiger partial charge in [0, 0.05) is 0 Å². The van der Waals surface area contributed by atoms with Crippen molar-refractivity contribution in [3.63, 3.8) is 0 Å². The number of hydrogen-bond donors (Lipinski definition) is 0. The smallest absolute Gasteiger partial charge is 0.309 e. The van der Waals surface area contributed by atoms with Gasteiger partial charge in [0.05, 0.1) is 5.92 Å². The molecule has 0 saturated carbocycles. The number of esters is 1. The van der Waals surface area contributed by atoms with Crippen LogP contribution in [0.1, 0.15) is 40.0 Å². The first-order valence-electron chi connectivity index (χ1n) is 4.84. The van der Waals surface area contributed by atoms with Crippen molar-refractivity contribution in [2.45, 2.75) is 46.1 Å². The Balaban J connectivity index is 2.41. The summed E-state index contributed by atoms with van der Waals surface area (Å²) >= 11 is 0. The number of hydrogen-bond acceptors (Lipinski definition) is 2. The van der Waals surface area contributed by atoms with E-state index in [2.05, 4.69) is 20.8 Å². The second kappa shape index (κ2) is 3.92. The van der Waals surface area contributed by atoms with Gasteiger partial charge in [0.2, 0.25) is 0 Å². The minimum Gasteiger partial charge on any atom is -0.462 e. The van der Waals surface area contributed by atoms with Crippen molar-refractivity contribution in [1.29, 1.82) is 0 Å². The van der Waals surface area contributed by atoms with E-state index in [0.29, 0.717) is 5.92 Å². The maximum absolute atomic E-state index is 11.3. The first-order valence-corrected chi connectivity index (χ1v) is 4.84. The molecule has 1 saturated heterocycles. The molecule has 70 valence electrons. The van der Waals surface area contributed by atoms with Crippen molar-refractivity contribution in [3.8, 4) is 0 Å². The molecule has 0 N–H and O–H groups in total. The maximum atomic E-state index is 11.3. The van der Waals surface area contributed by atoms with Crippen molar-refractivity contribution < 1.29 is 9.53 Å². The summed E-state index contributed by atoms with van der Waals surface area (Å²) in [6, 6.07) is 0. The highest BCUT2D eigenvalue weighted by molar-refractivity contribution is 5.74. The van der Waals surface area contributed by atoms with E-state index in [1.165, 1.54) is 0 Å². The highest BCUT2D eigenvalue weighted by Gasteiger charge is 2.33. The van der Waals surface area contributed by atoms with Crippen molar-refractivity contribution in [2.24, 2.45) is 11.8 Å². The fourth-order valence-electron chi connectivity index (χ4n) is 1.73. The molecule has 2 unspecified atom stereocenters. The van der Waals surface area contributed by atoms with E-state index >= 15 is 0 Å². The van der Waals surface area contributed by atoms with Crippen LogP contribution in [0.4, 0.5) is 0 Å². The van der Waals surface area contributed by atoms with Crippen LogP contribution in [-0.4, -0.2) is 12.1 Å². The van der Waals surface area contributed by atoms with E-state index in [4.69, 9.17) is 4.74 Å². The summed E-state index contributed by atoms with van der Waals surface area (Å²) < 4.78 is 5.19. The zero-order chi connectivity index (χ0) is 9.14. The molecule has 2 heteroatoms. The molecule has 2 atom stereocenters. The molecule has 1 aliphatic rings. The standard InChI is InChI=1S/C10H18O2/c1-4-9-6-8(5-7(2)3)10(11)12-9/h7-9H,4-6H2,1-3H3. The lowest BCUT2D eigenvalue weighted by Crippen LogP contribution is -2.09. The van der Waals surface area contributed by atoms with Crippen molar-refractivity contribution >= 4 is 5.97 Å². The molecule has 0 radical (unpaired) electrons.